The van der Waals surface area contributed by atoms with E-state index in [0.717, 1.165) is 18.4 Å². The van der Waals surface area contributed by atoms with E-state index >= 15 is 0 Å². The van der Waals surface area contributed by atoms with Gasteiger partial charge in [-0.05, 0) is 51.4 Å². The minimum atomic E-state index is -0.226. The Kier molecular flexibility index (Phi) is 5.76. The van der Waals surface area contributed by atoms with Crippen LogP contribution in [0.25, 0.3) is 0 Å². The van der Waals surface area contributed by atoms with Crippen molar-refractivity contribution in [2.24, 2.45) is 0 Å². The van der Waals surface area contributed by atoms with Crippen molar-refractivity contribution in [2.75, 3.05) is 13.7 Å². The van der Waals surface area contributed by atoms with Crippen LogP contribution in [0.3, 0.4) is 0 Å². The highest BCUT2D eigenvalue weighted by Gasteiger charge is 2.32. The van der Waals surface area contributed by atoms with Gasteiger partial charge in [0.25, 0.3) is 0 Å². The number of hydrogen-bond donors (Lipinski definition) is 1. The summed E-state index contributed by atoms with van der Waals surface area (Å²) in [5.41, 5.74) is 0.768. The molecular formula is C15H24FNO. The number of hydrogen-bond acceptors (Lipinski definition) is 2. The average Bonchev–Trinajstić information content (AvgIpc) is 2.36. The lowest BCUT2D eigenvalue weighted by Gasteiger charge is -2.37. The molecule has 0 heterocycles. The first-order chi connectivity index (χ1) is 8.55. The molecule has 0 aliphatic heterocycles. The molecule has 18 heavy (non-hydrogen) atoms. The summed E-state index contributed by atoms with van der Waals surface area (Å²) in [5.74, 6) is -0.183. The molecule has 0 amide bonds. The Morgan fingerprint density at radius 1 is 1.39 bits per heavy atom. The van der Waals surface area contributed by atoms with E-state index in [2.05, 4.69) is 19.2 Å². The maximum Gasteiger partial charge on any atom is 0.123 e. The normalized spacial score (nSPS) is 16.3. The largest absolute Gasteiger partial charge is 0.374 e. The van der Waals surface area contributed by atoms with Crippen LogP contribution in [-0.2, 0) is 11.2 Å². The molecule has 1 N–H and O–H groups in total. The topological polar surface area (TPSA) is 21.3 Å². The molecule has 3 heteroatoms. The van der Waals surface area contributed by atoms with Crippen LogP contribution in [0.15, 0.2) is 24.3 Å². The Labute approximate surface area is 110 Å². The summed E-state index contributed by atoms with van der Waals surface area (Å²) in [6.07, 6.45) is 1.68. The van der Waals surface area contributed by atoms with Crippen molar-refractivity contribution in [1.29, 1.82) is 0 Å². The van der Waals surface area contributed by atoms with Gasteiger partial charge < -0.3 is 10.1 Å². The van der Waals surface area contributed by atoms with Crippen LogP contribution in [0.4, 0.5) is 4.39 Å². The molecule has 2 nitrogen and oxygen atoms in total. The molecule has 1 aromatic rings. The number of ether oxygens (including phenoxy) is 1. The maximum absolute atomic E-state index is 13.2. The van der Waals surface area contributed by atoms with E-state index in [9.17, 15) is 4.39 Å². The summed E-state index contributed by atoms with van der Waals surface area (Å²) in [6.45, 7) is 6.91. The van der Waals surface area contributed by atoms with E-state index < -0.39 is 0 Å². The molecule has 2 unspecified atom stereocenters. The Hall–Kier alpha value is -0.930. The number of benzene rings is 1. The van der Waals surface area contributed by atoms with Crippen molar-refractivity contribution in [3.8, 4) is 0 Å². The molecule has 0 fully saturated rings. The summed E-state index contributed by atoms with van der Waals surface area (Å²) >= 11 is 0. The van der Waals surface area contributed by atoms with Crippen LogP contribution >= 0.6 is 0 Å². The maximum atomic E-state index is 13.2. The van der Waals surface area contributed by atoms with E-state index in [4.69, 9.17) is 4.74 Å². The zero-order valence-corrected chi connectivity index (χ0v) is 11.8. The van der Waals surface area contributed by atoms with E-state index in [1.54, 1.807) is 12.1 Å². The lowest BCUT2D eigenvalue weighted by molar-refractivity contribution is -0.0534. The molecular weight excluding hydrogens is 229 g/mol. The number of likely N-dealkylation sites (N-methyl/N-ethyl adjacent to an activating group) is 1. The predicted octanol–water partition coefficient (Wildman–Crippen LogP) is 3.16. The number of halogens is 1. The van der Waals surface area contributed by atoms with Crippen molar-refractivity contribution < 1.29 is 9.13 Å². The van der Waals surface area contributed by atoms with E-state index in [-0.39, 0.29) is 17.5 Å². The first-order valence-corrected chi connectivity index (χ1v) is 6.61. The van der Waals surface area contributed by atoms with E-state index in [0.29, 0.717) is 6.61 Å². The first kappa shape index (κ1) is 15.1. The van der Waals surface area contributed by atoms with E-state index in [1.807, 2.05) is 20.0 Å². The van der Waals surface area contributed by atoms with Crippen molar-refractivity contribution in [2.45, 2.75) is 45.3 Å². The first-order valence-electron chi connectivity index (χ1n) is 6.61. The Morgan fingerprint density at radius 3 is 2.61 bits per heavy atom. The predicted molar refractivity (Wildman–Crippen MR) is 73.3 cm³/mol. The Balaban J connectivity index is 2.83. The lowest BCUT2D eigenvalue weighted by atomic mass is 9.88. The van der Waals surface area contributed by atoms with Crippen molar-refractivity contribution in [3.63, 3.8) is 0 Å². The van der Waals surface area contributed by atoms with Gasteiger partial charge in [-0.2, -0.15) is 0 Å². The third-order valence-electron chi connectivity index (χ3n) is 3.59. The third kappa shape index (κ3) is 3.79. The van der Waals surface area contributed by atoms with Crippen LogP contribution < -0.4 is 5.32 Å². The fraction of sp³-hybridized carbons (Fsp3) is 0.600. The molecule has 0 aliphatic rings. The van der Waals surface area contributed by atoms with Gasteiger partial charge in [0, 0.05) is 12.6 Å². The van der Waals surface area contributed by atoms with Gasteiger partial charge in [-0.15, -0.1) is 0 Å². The van der Waals surface area contributed by atoms with E-state index in [1.165, 1.54) is 6.07 Å². The summed E-state index contributed by atoms with van der Waals surface area (Å²) < 4.78 is 19.1. The third-order valence-corrected chi connectivity index (χ3v) is 3.59. The molecule has 2 atom stereocenters. The minimum Gasteiger partial charge on any atom is -0.374 e. The minimum absolute atomic E-state index is 0.171. The molecule has 0 radical (unpaired) electrons. The molecule has 0 saturated carbocycles. The van der Waals surface area contributed by atoms with Gasteiger partial charge in [0.1, 0.15) is 5.82 Å². The standard InChI is InChI=1S/C15H24FNO/c1-5-15(3,18-6-2)14(17-4)11-12-8-7-9-13(16)10-12/h7-10,14,17H,5-6,11H2,1-4H3. The fourth-order valence-corrected chi connectivity index (χ4v) is 2.30. The number of rotatable bonds is 7. The highest BCUT2D eigenvalue weighted by molar-refractivity contribution is 5.18. The van der Waals surface area contributed by atoms with Gasteiger partial charge in [0.15, 0.2) is 0 Å². The van der Waals surface area contributed by atoms with Crippen LogP contribution in [0, 0.1) is 5.82 Å². The second-order valence-electron chi connectivity index (χ2n) is 4.77. The second kappa shape index (κ2) is 6.86. The fourth-order valence-electron chi connectivity index (χ4n) is 2.30. The molecule has 0 aromatic heterocycles. The van der Waals surface area contributed by atoms with Gasteiger partial charge in [-0.25, -0.2) is 4.39 Å². The second-order valence-corrected chi connectivity index (χ2v) is 4.77. The quantitative estimate of drug-likeness (QED) is 0.806. The molecule has 0 aliphatic carbocycles. The van der Waals surface area contributed by atoms with Crippen molar-refractivity contribution >= 4 is 0 Å². The van der Waals surface area contributed by atoms with Crippen LogP contribution in [0.5, 0.6) is 0 Å². The molecule has 0 spiro atoms. The highest BCUT2D eigenvalue weighted by atomic mass is 19.1. The molecule has 0 bridgehead atoms. The zero-order valence-electron chi connectivity index (χ0n) is 11.8. The summed E-state index contributed by atoms with van der Waals surface area (Å²) in [5, 5.41) is 3.30. The van der Waals surface area contributed by atoms with Crippen LogP contribution in [-0.4, -0.2) is 25.3 Å². The molecule has 1 aromatic carbocycles. The lowest BCUT2D eigenvalue weighted by Crippen LogP contribution is -2.50. The SMILES string of the molecule is CCOC(C)(CC)C(Cc1cccc(F)c1)NC. The molecule has 1 rings (SSSR count). The number of nitrogens with one attached hydrogen (secondary N) is 1. The average molecular weight is 253 g/mol. The van der Waals surface area contributed by atoms with Gasteiger partial charge in [-0.3, -0.25) is 0 Å². The van der Waals surface area contributed by atoms with Crippen molar-refractivity contribution in [1.82, 2.24) is 5.32 Å². The summed E-state index contributed by atoms with van der Waals surface area (Å²) in [7, 11) is 1.93. The van der Waals surface area contributed by atoms with Gasteiger partial charge in [0.2, 0.25) is 0 Å². The van der Waals surface area contributed by atoms with Gasteiger partial charge >= 0.3 is 0 Å². The summed E-state index contributed by atoms with van der Waals surface area (Å²) in [4.78, 5) is 0. The van der Waals surface area contributed by atoms with Crippen molar-refractivity contribution in [3.05, 3.63) is 35.6 Å². The zero-order chi connectivity index (χ0) is 13.6. The van der Waals surface area contributed by atoms with Gasteiger partial charge in [0.05, 0.1) is 5.60 Å². The molecule has 0 saturated heterocycles. The summed E-state index contributed by atoms with van der Waals surface area (Å²) in [6, 6.07) is 6.94. The smallest absolute Gasteiger partial charge is 0.123 e. The van der Waals surface area contributed by atoms with Crippen LogP contribution in [0.1, 0.15) is 32.8 Å². The Morgan fingerprint density at radius 2 is 2.11 bits per heavy atom. The highest BCUT2D eigenvalue weighted by Crippen LogP contribution is 2.23. The molecule has 102 valence electrons. The van der Waals surface area contributed by atoms with Crippen LogP contribution in [0.2, 0.25) is 0 Å². The monoisotopic (exact) mass is 253 g/mol. The Bertz CT molecular complexity index is 369. The van der Waals surface area contributed by atoms with Gasteiger partial charge in [-0.1, -0.05) is 19.1 Å².